The molecule has 0 N–H and O–H groups in total. The zero-order valence-electron chi connectivity index (χ0n) is 34.3. The second kappa shape index (κ2) is 12.2. The van der Waals surface area contributed by atoms with Crippen LogP contribution >= 0.6 is 0 Å². The number of rotatable bonds is 4. The predicted octanol–water partition coefficient (Wildman–Crippen LogP) is 12.6. The fraction of sp³-hybridized carbons (Fsp3) is 0.0526. The predicted molar refractivity (Wildman–Crippen MR) is 259 cm³/mol. The van der Waals surface area contributed by atoms with Gasteiger partial charge >= 0.3 is 0 Å². The first kappa shape index (κ1) is 34.0. The van der Waals surface area contributed by atoms with Crippen LogP contribution in [0.15, 0.2) is 194 Å². The number of fused-ring (bicyclic) bond motifs is 13. The Morgan fingerprint density at radius 2 is 1.03 bits per heavy atom. The van der Waals surface area contributed by atoms with Crippen LogP contribution in [0.5, 0.6) is 11.5 Å². The van der Waals surface area contributed by atoms with Gasteiger partial charge in [0.2, 0.25) is 0 Å². The van der Waals surface area contributed by atoms with Crippen molar-refractivity contribution in [1.29, 1.82) is 0 Å². The van der Waals surface area contributed by atoms with Gasteiger partial charge in [-0.2, -0.15) is 0 Å². The van der Waals surface area contributed by atoms with E-state index in [0.717, 1.165) is 34.2 Å². The van der Waals surface area contributed by atoms with Gasteiger partial charge in [-0.05, 0) is 105 Å². The normalized spacial score (nSPS) is 13.9. The van der Waals surface area contributed by atoms with Crippen LogP contribution in [0.1, 0.15) is 25.0 Å². The average molecular weight is 792 g/mol. The van der Waals surface area contributed by atoms with E-state index in [9.17, 15) is 0 Å². The van der Waals surface area contributed by atoms with Gasteiger partial charge in [-0.1, -0.05) is 135 Å². The van der Waals surface area contributed by atoms with E-state index in [4.69, 9.17) is 4.74 Å². The van der Waals surface area contributed by atoms with Crippen molar-refractivity contribution in [2.45, 2.75) is 19.3 Å². The van der Waals surface area contributed by atoms with Crippen molar-refractivity contribution in [1.82, 2.24) is 9.13 Å². The second-order valence-corrected chi connectivity index (χ2v) is 17.7. The van der Waals surface area contributed by atoms with E-state index in [1.165, 1.54) is 87.9 Å². The van der Waals surface area contributed by atoms with Crippen LogP contribution in [0, 0.1) is 0 Å². The average Bonchev–Trinajstić information content (AvgIpc) is 3.91. The van der Waals surface area contributed by atoms with Crippen molar-refractivity contribution in [3.05, 3.63) is 205 Å². The molecule has 0 radical (unpaired) electrons. The monoisotopic (exact) mass is 791 g/mol. The zero-order valence-corrected chi connectivity index (χ0v) is 34.3. The highest BCUT2D eigenvalue weighted by Gasteiger charge is 2.44. The molecule has 0 spiro atoms. The minimum absolute atomic E-state index is 0.0107. The van der Waals surface area contributed by atoms with Gasteiger partial charge in [-0.25, -0.2) is 0 Å². The van der Waals surface area contributed by atoms with Gasteiger partial charge in [-0.15, -0.1) is 0 Å². The Morgan fingerprint density at radius 1 is 0.452 bits per heavy atom. The molecule has 2 aromatic heterocycles. The number of hydrogen-bond donors (Lipinski definition) is 0. The van der Waals surface area contributed by atoms with E-state index in [1.807, 2.05) is 0 Å². The minimum atomic E-state index is -0.256. The van der Waals surface area contributed by atoms with Crippen LogP contribution in [0.3, 0.4) is 0 Å². The molecule has 0 saturated heterocycles. The number of benzene rings is 9. The Labute approximate surface area is 359 Å². The highest BCUT2D eigenvalue weighted by atomic mass is 16.5. The Balaban J connectivity index is 1.01. The Morgan fingerprint density at radius 3 is 1.71 bits per heavy atom. The van der Waals surface area contributed by atoms with E-state index < -0.39 is 0 Å². The summed E-state index contributed by atoms with van der Waals surface area (Å²) in [6.07, 6.45) is 0. The first-order valence-corrected chi connectivity index (χ1v) is 21.6. The molecule has 1 aliphatic carbocycles. The molecule has 0 unspecified atom stereocenters. The summed E-state index contributed by atoms with van der Waals surface area (Å²) in [4.78, 5) is 2.36. The first-order chi connectivity index (χ1) is 30.5. The minimum Gasteiger partial charge on any atom is -0.458 e. The van der Waals surface area contributed by atoms with E-state index in [1.54, 1.807) is 0 Å². The fourth-order valence-corrected chi connectivity index (χ4v) is 11.4. The van der Waals surface area contributed by atoms with Crippen molar-refractivity contribution in [2.24, 2.45) is 0 Å². The molecule has 14 rings (SSSR count). The van der Waals surface area contributed by atoms with E-state index >= 15 is 0 Å². The molecule has 0 bridgehead atoms. The summed E-state index contributed by atoms with van der Waals surface area (Å²) in [6.45, 7) is 4.77. The quantitative estimate of drug-likeness (QED) is 0.166. The van der Waals surface area contributed by atoms with Crippen molar-refractivity contribution < 1.29 is 4.74 Å². The lowest BCUT2D eigenvalue weighted by atomic mass is 9.34. The van der Waals surface area contributed by atoms with Gasteiger partial charge in [0.05, 0.1) is 22.2 Å². The third-order valence-electron chi connectivity index (χ3n) is 14.1. The molecule has 9 aromatic carbocycles. The summed E-state index contributed by atoms with van der Waals surface area (Å²) >= 11 is 0. The van der Waals surface area contributed by atoms with Crippen molar-refractivity contribution in [3.63, 3.8) is 0 Å². The molecule has 290 valence electrons. The molecular weight excluding hydrogens is 753 g/mol. The van der Waals surface area contributed by atoms with Crippen LogP contribution in [-0.4, -0.2) is 15.8 Å². The number of aromatic nitrogens is 2. The molecule has 2 aliphatic heterocycles. The number of para-hydroxylation sites is 6. The fourth-order valence-electron chi connectivity index (χ4n) is 11.4. The van der Waals surface area contributed by atoms with Crippen molar-refractivity contribution in [2.75, 3.05) is 4.90 Å². The van der Waals surface area contributed by atoms with Crippen LogP contribution in [0.25, 0.3) is 66.1 Å². The van der Waals surface area contributed by atoms with Crippen LogP contribution in [0.2, 0.25) is 0 Å². The lowest BCUT2D eigenvalue weighted by molar-refractivity contribution is 0.487. The highest BCUT2D eigenvalue weighted by Crippen LogP contribution is 2.52. The SMILES string of the molecule is CC1(C)c2cc(N(c3ccccc3)c3ccccc3)ccc2-c2cc3c(cc21)B1c2c(cc(-n4c5ccccc5c5ccccc54)cc2-n2c4ccccc4c4cccc1c42)O3. The van der Waals surface area contributed by atoms with Gasteiger partial charge in [-0.3, -0.25) is 0 Å². The topological polar surface area (TPSA) is 22.3 Å². The van der Waals surface area contributed by atoms with Crippen LogP contribution in [0.4, 0.5) is 17.1 Å². The Bertz CT molecular complexity index is 3620. The van der Waals surface area contributed by atoms with E-state index in [0.29, 0.717) is 0 Å². The molecule has 62 heavy (non-hydrogen) atoms. The van der Waals surface area contributed by atoms with E-state index in [2.05, 4.69) is 222 Å². The Kier molecular flexibility index (Phi) is 6.68. The van der Waals surface area contributed by atoms with Crippen LogP contribution in [-0.2, 0) is 5.41 Å². The maximum absolute atomic E-state index is 7.34. The summed E-state index contributed by atoms with van der Waals surface area (Å²) in [5.74, 6) is 1.84. The van der Waals surface area contributed by atoms with Gasteiger partial charge in [0.25, 0.3) is 6.71 Å². The highest BCUT2D eigenvalue weighted by molar-refractivity contribution is 6.99. The summed E-state index contributed by atoms with van der Waals surface area (Å²) < 4.78 is 12.3. The summed E-state index contributed by atoms with van der Waals surface area (Å²) in [6, 6.07) is 71.3. The second-order valence-electron chi connectivity index (χ2n) is 17.7. The summed E-state index contributed by atoms with van der Waals surface area (Å²) in [5, 5.41) is 5.03. The molecule has 4 heterocycles. The number of anilines is 3. The lowest BCUT2D eigenvalue weighted by Crippen LogP contribution is -2.58. The Hall–Kier alpha value is -7.76. The third kappa shape index (κ3) is 4.42. The molecule has 0 amide bonds. The molecule has 4 nitrogen and oxygen atoms in total. The number of hydrogen-bond acceptors (Lipinski definition) is 2. The van der Waals surface area contributed by atoms with Gasteiger partial charge in [0, 0.05) is 61.3 Å². The molecular formula is C57H38BN3O. The molecule has 11 aromatic rings. The van der Waals surface area contributed by atoms with Crippen molar-refractivity contribution in [3.8, 4) is 34.0 Å². The third-order valence-corrected chi connectivity index (χ3v) is 14.1. The molecule has 0 atom stereocenters. The first-order valence-electron chi connectivity index (χ1n) is 21.6. The maximum Gasteiger partial charge on any atom is 0.256 e. The smallest absolute Gasteiger partial charge is 0.256 e. The maximum atomic E-state index is 7.34. The van der Waals surface area contributed by atoms with Gasteiger partial charge in [0.1, 0.15) is 11.5 Å². The van der Waals surface area contributed by atoms with Crippen molar-refractivity contribution >= 4 is 83.8 Å². The standard InChI is InChI=1S/C57H38BN3O/c1-57(2)45-30-37(59(35-16-5-3-6-17-35)36-18-7-4-8-19-36)28-29-39(45)44-33-53-48(34-46(44)57)58-47-24-15-23-43-42-22-11-14-27-51(42)61(56(43)47)52-31-38(32-54(62-53)55(52)58)60-49-25-12-9-20-40(49)41-21-10-13-26-50(41)60/h3-34H,1-2H3. The van der Waals surface area contributed by atoms with Gasteiger partial charge < -0.3 is 18.8 Å². The van der Waals surface area contributed by atoms with E-state index in [-0.39, 0.29) is 12.1 Å². The molecule has 0 saturated carbocycles. The molecule has 5 heteroatoms. The summed E-state index contributed by atoms with van der Waals surface area (Å²) in [7, 11) is 0. The van der Waals surface area contributed by atoms with Crippen LogP contribution < -0.4 is 26.0 Å². The largest absolute Gasteiger partial charge is 0.458 e. The number of ether oxygens (including phenoxy) is 1. The molecule has 3 aliphatic rings. The van der Waals surface area contributed by atoms with Gasteiger partial charge in [0.15, 0.2) is 0 Å². The zero-order chi connectivity index (χ0) is 40.8. The lowest BCUT2D eigenvalue weighted by Gasteiger charge is -2.35. The molecule has 0 fully saturated rings. The number of nitrogens with zero attached hydrogens (tertiary/aromatic N) is 3. The summed E-state index contributed by atoms with van der Waals surface area (Å²) in [5.41, 5.74) is 19.2.